The minimum Gasteiger partial charge on any atom is -0.392 e. The summed E-state index contributed by atoms with van der Waals surface area (Å²) in [7, 11) is -4.45. The maximum absolute atomic E-state index is 10.4. The highest BCUT2D eigenvalue weighted by atomic mass is 31.2. The molecule has 1 aliphatic rings. The van der Waals surface area contributed by atoms with Crippen LogP contribution in [0.1, 0.15) is 6.42 Å². The molecule has 6 nitrogen and oxygen atoms in total. The molecule has 3 atom stereocenters. The summed E-state index contributed by atoms with van der Waals surface area (Å²) in [4.78, 5) is 16.9. The van der Waals surface area contributed by atoms with Gasteiger partial charge in [-0.05, 0) is 6.42 Å². The summed E-state index contributed by atoms with van der Waals surface area (Å²) in [6, 6.07) is -0.198. The van der Waals surface area contributed by atoms with Crippen molar-refractivity contribution in [2.75, 3.05) is 6.61 Å². The highest BCUT2D eigenvalue weighted by molar-refractivity contribution is 7.46. The molecule has 14 heavy (non-hydrogen) atoms. The molecular formula is C7H14NO5P. The first kappa shape index (κ1) is 11.8. The van der Waals surface area contributed by atoms with Gasteiger partial charge in [-0.1, -0.05) is 12.2 Å². The van der Waals surface area contributed by atoms with E-state index in [0.29, 0.717) is 6.42 Å². The molecule has 0 bridgehead atoms. The highest BCUT2D eigenvalue weighted by Gasteiger charge is 2.25. The second-order valence-electron chi connectivity index (χ2n) is 3.30. The van der Waals surface area contributed by atoms with Gasteiger partial charge in [-0.15, -0.1) is 0 Å². The van der Waals surface area contributed by atoms with Gasteiger partial charge in [0.25, 0.3) is 0 Å². The number of phosphoric ester groups is 1. The number of aliphatic hydroxyl groups excluding tert-OH is 1. The molecule has 1 rings (SSSR count). The third kappa shape index (κ3) is 3.88. The standard InChI is InChI=1S/C7H14NO5P/c8-6-2-1-5(7(9)3-6)4-13-14(10,11)12/h1-2,5-7,9H,3-4,8H2,(H2,10,11,12)/t5-,6-,7+/m1/s1. The second-order valence-corrected chi connectivity index (χ2v) is 4.54. The number of hydrogen-bond donors (Lipinski definition) is 4. The van der Waals surface area contributed by atoms with Crippen LogP contribution in [0.3, 0.4) is 0 Å². The van der Waals surface area contributed by atoms with Crippen LogP contribution in [0.5, 0.6) is 0 Å². The van der Waals surface area contributed by atoms with Crippen LogP contribution in [0.4, 0.5) is 0 Å². The lowest BCUT2D eigenvalue weighted by Crippen LogP contribution is -2.34. The fourth-order valence-electron chi connectivity index (χ4n) is 1.30. The van der Waals surface area contributed by atoms with Crippen LogP contribution >= 0.6 is 7.82 Å². The summed E-state index contributed by atoms with van der Waals surface area (Å²) in [5, 5.41) is 9.47. The van der Waals surface area contributed by atoms with Crippen molar-refractivity contribution < 1.29 is 24.0 Å². The van der Waals surface area contributed by atoms with Gasteiger partial charge in [0.2, 0.25) is 0 Å². The van der Waals surface area contributed by atoms with Crippen LogP contribution < -0.4 is 5.73 Å². The van der Waals surface area contributed by atoms with E-state index in [1.165, 1.54) is 0 Å². The van der Waals surface area contributed by atoms with E-state index in [-0.39, 0.29) is 12.6 Å². The molecule has 0 saturated carbocycles. The first-order chi connectivity index (χ1) is 6.38. The van der Waals surface area contributed by atoms with Gasteiger partial charge >= 0.3 is 7.82 Å². The third-order valence-electron chi connectivity index (χ3n) is 2.05. The molecule has 0 saturated heterocycles. The number of aliphatic hydroxyl groups is 1. The Balaban J connectivity index is 2.45. The van der Waals surface area contributed by atoms with Gasteiger partial charge in [0.05, 0.1) is 12.7 Å². The average Bonchev–Trinajstić information content (AvgIpc) is 2.00. The molecule has 82 valence electrons. The Morgan fingerprint density at radius 2 is 2.14 bits per heavy atom. The third-order valence-corrected chi connectivity index (χ3v) is 2.53. The number of nitrogens with two attached hydrogens (primary N) is 1. The Kier molecular flexibility index (Phi) is 3.83. The van der Waals surface area contributed by atoms with Crippen molar-refractivity contribution in [3.05, 3.63) is 12.2 Å². The van der Waals surface area contributed by atoms with Crippen LogP contribution in [-0.4, -0.2) is 33.6 Å². The number of rotatable bonds is 3. The predicted octanol–water partition coefficient (Wildman–Crippen LogP) is -0.640. The van der Waals surface area contributed by atoms with Crippen molar-refractivity contribution in [1.82, 2.24) is 0 Å². The quantitative estimate of drug-likeness (QED) is 0.374. The molecule has 0 spiro atoms. The van der Waals surface area contributed by atoms with E-state index in [0.717, 1.165) is 0 Å². The van der Waals surface area contributed by atoms with Gasteiger partial charge in [0, 0.05) is 12.0 Å². The number of phosphoric acid groups is 1. The van der Waals surface area contributed by atoms with Crippen molar-refractivity contribution in [3.8, 4) is 0 Å². The van der Waals surface area contributed by atoms with Crippen molar-refractivity contribution in [1.29, 1.82) is 0 Å². The van der Waals surface area contributed by atoms with Crippen LogP contribution in [0, 0.1) is 5.92 Å². The van der Waals surface area contributed by atoms with Gasteiger partial charge in [-0.2, -0.15) is 0 Å². The van der Waals surface area contributed by atoms with Gasteiger partial charge in [0.1, 0.15) is 0 Å². The zero-order valence-corrected chi connectivity index (χ0v) is 8.38. The first-order valence-corrected chi connectivity index (χ1v) is 5.73. The van der Waals surface area contributed by atoms with Gasteiger partial charge in [-0.25, -0.2) is 4.57 Å². The molecule has 0 aromatic rings. The van der Waals surface area contributed by atoms with E-state index >= 15 is 0 Å². The Morgan fingerprint density at radius 1 is 1.50 bits per heavy atom. The monoisotopic (exact) mass is 223 g/mol. The molecule has 5 N–H and O–H groups in total. The molecule has 0 unspecified atom stereocenters. The molecular weight excluding hydrogens is 209 g/mol. The SMILES string of the molecule is N[C@@H]1C=C[C@H](COP(=O)(O)O)[C@@H](O)C1. The summed E-state index contributed by atoms with van der Waals surface area (Å²) in [5.74, 6) is -0.401. The molecule has 1 aliphatic carbocycles. The van der Waals surface area contributed by atoms with Crippen LogP contribution in [-0.2, 0) is 9.09 Å². The van der Waals surface area contributed by atoms with E-state index < -0.39 is 19.8 Å². The van der Waals surface area contributed by atoms with E-state index in [4.69, 9.17) is 15.5 Å². The molecule has 0 heterocycles. The molecule has 0 amide bonds. The lowest BCUT2D eigenvalue weighted by Gasteiger charge is -2.25. The summed E-state index contributed by atoms with van der Waals surface area (Å²) in [6.07, 6.45) is 2.99. The Hall–Kier alpha value is -0.230. The van der Waals surface area contributed by atoms with Gasteiger partial charge in [0.15, 0.2) is 0 Å². The summed E-state index contributed by atoms with van der Waals surface area (Å²) in [6.45, 7) is -0.200. The van der Waals surface area contributed by atoms with Crippen molar-refractivity contribution in [3.63, 3.8) is 0 Å². The summed E-state index contributed by atoms with van der Waals surface area (Å²) >= 11 is 0. The van der Waals surface area contributed by atoms with Crippen molar-refractivity contribution in [2.24, 2.45) is 11.7 Å². The largest absolute Gasteiger partial charge is 0.469 e. The lowest BCUT2D eigenvalue weighted by molar-refractivity contribution is 0.0725. The van der Waals surface area contributed by atoms with E-state index in [9.17, 15) is 9.67 Å². The molecule has 0 radical (unpaired) electrons. The molecule has 0 aliphatic heterocycles. The minimum absolute atomic E-state index is 0.198. The molecule has 0 aromatic carbocycles. The predicted molar refractivity (Wildman–Crippen MR) is 49.2 cm³/mol. The fraction of sp³-hybridized carbons (Fsp3) is 0.714. The molecule has 0 fully saturated rings. The smallest absolute Gasteiger partial charge is 0.392 e. The van der Waals surface area contributed by atoms with Crippen LogP contribution in [0.2, 0.25) is 0 Å². The zero-order valence-electron chi connectivity index (χ0n) is 7.48. The van der Waals surface area contributed by atoms with E-state index in [1.54, 1.807) is 12.2 Å². The van der Waals surface area contributed by atoms with Gasteiger partial charge in [-0.3, -0.25) is 4.52 Å². The van der Waals surface area contributed by atoms with Crippen LogP contribution in [0.25, 0.3) is 0 Å². The Morgan fingerprint density at radius 3 is 2.64 bits per heavy atom. The Bertz CT molecular complexity index is 263. The number of hydrogen-bond acceptors (Lipinski definition) is 4. The topological polar surface area (TPSA) is 113 Å². The van der Waals surface area contributed by atoms with E-state index in [2.05, 4.69) is 4.52 Å². The normalized spacial score (nSPS) is 33.3. The summed E-state index contributed by atoms with van der Waals surface area (Å²) in [5.41, 5.74) is 5.53. The zero-order chi connectivity index (χ0) is 10.8. The molecule has 7 heteroatoms. The summed E-state index contributed by atoms with van der Waals surface area (Å²) < 4.78 is 14.7. The molecule has 0 aromatic heterocycles. The lowest BCUT2D eigenvalue weighted by atomic mass is 9.91. The first-order valence-electron chi connectivity index (χ1n) is 4.20. The highest BCUT2D eigenvalue weighted by Crippen LogP contribution is 2.37. The van der Waals surface area contributed by atoms with Crippen LogP contribution in [0.15, 0.2) is 12.2 Å². The second kappa shape index (κ2) is 4.53. The maximum Gasteiger partial charge on any atom is 0.469 e. The van der Waals surface area contributed by atoms with Crippen molar-refractivity contribution >= 4 is 7.82 Å². The Labute approximate surface area is 81.6 Å². The minimum atomic E-state index is -4.45. The fourth-order valence-corrected chi connectivity index (χ4v) is 1.66. The van der Waals surface area contributed by atoms with E-state index in [1.807, 2.05) is 0 Å². The average molecular weight is 223 g/mol. The van der Waals surface area contributed by atoms with Crippen molar-refractivity contribution in [2.45, 2.75) is 18.6 Å². The van der Waals surface area contributed by atoms with Gasteiger partial charge < -0.3 is 20.6 Å². The maximum atomic E-state index is 10.4.